The first-order valence-electron chi connectivity index (χ1n) is 4.72. The number of benzene rings is 1. The molecule has 1 aromatic carbocycles. The van der Waals surface area contributed by atoms with E-state index >= 15 is 0 Å². The zero-order valence-electron chi connectivity index (χ0n) is 9.38. The lowest BCUT2D eigenvalue weighted by molar-refractivity contribution is 0.497. The summed E-state index contributed by atoms with van der Waals surface area (Å²) in [5.74, 6) is -0.625. The van der Waals surface area contributed by atoms with E-state index in [1.54, 1.807) is 6.07 Å². The molecule has 1 aromatic rings. The molecule has 0 aliphatic rings. The Morgan fingerprint density at radius 1 is 1.41 bits per heavy atom. The molecule has 0 fully saturated rings. The van der Waals surface area contributed by atoms with Crippen LogP contribution in [-0.2, 0) is 10.2 Å². The van der Waals surface area contributed by atoms with Crippen molar-refractivity contribution in [3.63, 3.8) is 0 Å². The second-order valence-corrected chi connectivity index (χ2v) is 5.41. The van der Waals surface area contributed by atoms with Gasteiger partial charge >= 0.3 is 0 Å². The summed E-state index contributed by atoms with van der Waals surface area (Å²) in [6.45, 7) is 0. The maximum atomic E-state index is 13.4. The van der Waals surface area contributed by atoms with E-state index in [4.69, 9.17) is 5.26 Å². The average molecular weight is 257 g/mol. The fraction of sp³-hybridized carbons (Fsp3) is 0.300. The van der Waals surface area contributed by atoms with E-state index in [0.29, 0.717) is 0 Å². The molecule has 1 rings (SSSR count). The topological polar surface area (TPSA) is 73.2 Å². The fourth-order valence-corrected chi connectivity index (χ4v) is 1.81. The average Bonchev–Trinajstić information content (AvgIpc) is 2.26. The van der Waals surface area contributed by atoms with Crippen LogP contribution in [0.2, 0.25) is 0 Å². The first-order chi connectivity index (χ1) is 7.88. The standard InChI is InChI=1S/C10H12FN3O2S/c1-14(2)17(15,16)13-10(7-12)8-5-3-4-6-9(8)11/h3-6,10,13H,1-2H3. The molecule has 0 spiro atoms. The third kappa shape index (κ3) is 3.23. The summed E-state index contributed by atoms with van der Waals surface area (Å²) in [6.07, 6.45) is 0. The van der Waals surface area contributed by atoms with Crippen LogP contribution >= 0.6 is 0 Å². The van der Waals surface area contributed by atoms with Gasteiger partial charge in [-0.1, -0.05) is 18.2 Å². The number of hydrogen-bond acceptors (Lipinski definition) is 3. The lowest BCUT2D eigenvalue weighted by Crippen LogP contribution is -2.37. The molecule has 0 heterocycles. The smallest absolute Gasteiger partial charge is 0.207 e. The van der Waals surface area contributed by atoms with Gasteiger partial charge in [0, 0.05) is 19.7 Å². The summed E-state index contributed by atoms with van der Waals surface area (Å²) in [6, 6.07) is 6.00. The zero-order chi connectivity index (χ0) is 13.1. The van der Waals surface area contributed by atoms with Crippen LogP contribution in [0, 0.1) is 17.1 Å². The molecule has 0 bridgehead atoms. The van der Waals surface area contributed by atoms with Crippen molar-refractivity contribution in [3.05, 3.63) is 35.6 Å². The maximum absolute atomic E-state index is 13.4. The van der Waals surface area contributed by atoms with E-state index in [-0.39, 0.29) is 5.56 Å². The van der Waals surface area contributed by atoms with Gasteiger partial charge < -0.3 is 0 Å². The first-order valence-corrected chi connectivity index (χ1v) is 6.16. The van der Waals surface area contributed by atoms with Crippen LogP contribution in [0.1, 0.15) is 11.6 Å². The van der Waals surface area contributed by atoms with Crippen LogP contribution in [0.15, 0.2) is 24.3 Å². The van der Waals surface area contributed by atoms with Crippen molar-refractivity contribution in [2.75, 3.05) is 14.1 Å². The number of nitrogens with zero attached hydrogens (tertiary/aromatic N) is 2. The minimum absolute atomic E-state index is 0.000394. The van der Waals surface area contributed by atoms with Crippen LogP contribution in [0.5, 0.6) is 0 Å². The van der Waals surface area contributed by atoms with Gasteiger partial charge in [-0.2, -0.15) is 22.7 Å². The van der Waals surface area contributed by atoms with Crippen molar-refractivity contribution in [3.8, 4) is 6.07 Å². The summed E-state index contributed by atoms with van der Waals surface area (Å²) in [5.41, 5.74) is 0.000394. The van der Waals surface area contributed by atoms with Crippen molar-refractivity contribution < 1.29 is 12.8 Å². The largest absolute Gasteiger partial charge is 0.280 e. The Morgan fingerprint density at radius 3 is 2.47 bits per heavy atom. The van der Waals surface area contributed by atoms with Gasteiger partial charge in [0.2, 0.25) is 0 Å². The number of nitrogens with one attached hydrogen (secondary N) is 1. The summed E-state index contributed by atoms with van der Waals surface area (Å²) < 4.78 is 39.5. The third-order valence-corrected chi connectivity index (χ3v) is 3.59. The van der Waals surface area contributed by atoms with Crippen LogP contribution in [-0.4, -0.2) is 26.8 Å². The summed E-state index contributed by atoms with van der Waals surface area (Å²) in [4.78, 5) is 0. The number of halogens is 1. The minimum atomic E-state index is -3.78. The van der Waals surface area contributed by atoms with Crippen LogP contribution in [0.25, 0.3) is 0 Å². The second kappa shape index (κ2) is 5.23. The molecule has 0 amide bonds. The molecule has 0 aromatic heterocycles. The van der Waals surface area contributed by atoms with Gasteiger partial charge in [0.1, 0.15) is 11.9 Å². The lowest BCUT2D eigenvalue weighted by atomic mass is 10.1. The predicted octanol–water partition coefficient (Wildman–Crippen LogP) is 0.786. The molecule has 0 aliphatic carbocycles. The monoisotopic (exact) mass is 257 g/mol. The molecule has 5 nitrogen and oxygen atoms in total. The van der Waals surface area contributed by atoms with Gasteiger partial charge in [0.05, 0.1) is 6.07 Å². The van der Waals surface area contributed by atoms with Gasteiger partial charge in [-0.15, -0.1) is 0 Å². The Bertz CT molecular complexity index is 537. The van der Waals surface area contributed by atoms with E-state index in [1.807, 2.05) is 0 Å². The molecule has 92 valence electrons. The SMILES string of the molecule is CN(C)S(=O)(=O)NC(C#N)c1ccccc1F. The van der Waals surface area contributed by atoms with Crippen LogP contribution in [0.4, 0.5) is 4.39 Å². The van der Waals surface area contributed by atoms with Crippen molar-refractivity contribution in [2.24, 2.45) is 0 Å². The minimum Gasteiger partial charge on any atom is -0.207 e. The molecule has 17 heavy (non-hydrogen) atoms. The van der Waals surface area contributed by atoms with E-state index < -0.39 is 22.1 Å². The molecular weight excluding hydrogens is 245 g/mol. The molecule has 0 saturated carbocycles. The predicted molar refractivity (Wildman–Crippen MR) is 60.5 cm³/mol. The van der Waals surface area contributed by atoms with Gasteiger partial charge in [0.15, 0.2) is 0 Å². The highest BCUT2D eigenvalue weighted by Gasteiger charge is 2.22. The number of hydrogen-bond donors (Lipinski definition) is 1. The van der Waals surface area contributed by atoms with Crippen LogP contribution < -0.4 is 4.72 Å². The Labute approximate surface area is 99.7 Å². The Kier molecular flexibility index (Phi) is 4.17. The summed E-state index contributed by atoms with van der Waals surface area (Å²) >= 11 is 0. The highest BCUT2D eigenvalue weighted by Crippen LogP contribution is 2.17. The molecule has 7 heteroatoms. The molecular formula is C10H12FN3O2S. The fourth-order valence-electron chi connectivity index (χ4n) is 1.12. The Hall–Kier alpha value is -1.49. The van der Waals surface area contributed by atoms with Crippen molar-refractivity contribution in [1.29, 1.82) is 5.26 Å². The van der Waals surface area contributed by atoms with Crippen molar-refractivity contribution in [1.82, 2.24) is 9.03 Å². The normalized spacial score (nSPS) is 13.4. The lowest BCUT2D eigenvalue weighted by Gasteiger charge is -2.16. The van der Waals surface area contributed by atoms with E-state index in [0.717, 1.165) is 4.31 Å². The van der Waals surface area contributed by atoms with Gasteiger partial charge in [-0.25, -0.2) is 4.39 Å². The summed E-state index contributed by atoms with van der Waals surface area (Å²) in [7, 11) is -1.15. The van der Waals surface area contributed by atoms with E-state index in [1.165, 1.54) is 38.4 Å². The second-order valence-electron chi connectivity index (χ2n) is 3.49. The zero-order valence-corrected chi connectivity index (χ0v) is 10.2. The van der Waals surface area contributed by atoms with Crippen LogP contribution in [0.3, 0.4) is 0 Å². The van der Waals surface area contributed by atoms with Gasteiger partial charge in [0.25, 0.3) is 10.2 Å². The third-order valence-electron chi connectivity index (χ3n) is 2.09. The van der Waals surface area contributed by atoms with Crippen molar-refractivity contribution >= 4 is 10.2 Å². The molecule has 0 radical (unpaired) electrons. The van der Waals surface area contributed by atoms with Gasteiger partial charge in [-0.3, -0.25) is 0 Å². The van der Waals surface area contributed by atoms with E-state index in [2.05, 4.69) is 4.72 Å². The Balaban J connectivity index is 3.04. The Morgan fingerprint density at radius 2 is 2.00 bits per heavy atom. The number of nitriles is 1. The quantitative estimate of drug-likeness (QED) is 0.866. The molecule has 1 N–H and O–H groups in total. The molecule has 1 atom stereocenters. The van der Waals surface area contributed by atoms with Gasteiger partial charge in [-0.05, 0) is 6.07 Å². The summed E-state index contributed by atoms with van der Waals surface area (Å²) in [5, 5.41) is 8.89. The molecule has 0 saturated heterocycles. The highest BCUT2D eigenvalue weighted by molar-refractivity contribution is 7.87. The maximum Gasteiger partial charge on any atom is 0.280 e. The molecule has 1 unspecified atom stereocenters. The van der Waals surface area contributed by atoms with Crippen molar-refractivity contribution in [2.45, 2.75) is 6.04 Å². The number of rotatable bonds is 4. The highest BCUT2D eigenvalue weighted by atomic mass is 32.2. The molecule has 0 aliphatic heterocycles. The first kappa shape index (κ1) is 13.6. The van der Waals surface area contributed by atoms with E-state index in [9.17, 15) is 12.8 Å².